The van der Waals surface area contributed by atoms with E-state index in [0.717, 1.165) is 23.0 Å². The first-order chi connectivity index (χ1) is 9.83. The van der Waals surface area contributed by atoms with Crippen molar-refractivity contribution in [3.63, 3.8) is 0 Å². The van der Waals surface area contributed by atoms with Gasteiger partial charge in [-0.1, -0.05) is 28.9 Å². The van der Waals surface area contributed by atoms with Crippen LogP contribution in [0.1, 0.15) is 44.7 Å². The summed E-state index contributed by atoms with van der Waals surface area (Å²) in [6, 6.07) is 5.72. The molecule has 0 radical (unpaired) electrons. The molecular weight excluding hydrogens is 347 g/mol. The molecule has 120 valence electrons. The number of hydrogen-bond donors (Lipinski definition) is 1. The predicted molar refractivity (Wildman–Crippen MR) is 81.6 cm³/mol. The highest BCUT2D eigenvalue weighted by molar-refractivity contribution is 9.10. The van der Waals surface area contributed by atoms with Crippen molar-refractivity contribution < 1.29 is 17.9 Å². The molecule has 0 aliphatic heterocycles. The fourth-order valence-electron chi connectivity index (χ4n) is 1.88. The third-order valence-corrected chi connectivity index (χ3v) is 3.70. The van der Waals surface area contributed by atoms with Gasteiger partial charge in [-0.2, -0.15) is 13.2 Å². The van der Waals surface area contributed by atoms with Gasteiger partial charge in [-0.15, -0.1) is 0 Å². The third-order valence-electron chi connectivity index (χ3n) is 3.01. The van der Waals surface area contributed by atoms with Gasteiger partial charge in [-0.25, -0.2) is 0 Å². The van der Waals surface area contributed by atoms with Crippen molar-refractivity contribution in [1.29, 1.82) is 0 Å². The maximum atomic E-state index is 12.0. The van der Waals surface area contributed by atoms with Crippen LogP contribution in [0.3, 0.4) is 0 Å². The monoisotopic (exact) mass is 367 g/mol. The van der Waals surface area contributed by atoms with Gasteiger partial charge in [-0.05, 0) is 44.0 Å². The maximum absolute atomic E-state index is 12.0. The molecule has 2 nitrogen and oxygen atoms in total. The maximum Gasteiger partial charge on any atom is 0.389 e. The molecule has 0 spiro atoms. The summed E-state index contributed by atoms with van der Waals surface area (Å²) in [5.41, 5.74) is 1.10. The molecule has 0 aliphatic rings. The summed E-state index contributed by atoms with van der Waals surface area (Å²) in [6.45, 7) is 5.17. The van der Waals surface area contributed by atoms with E-state index in [1.165, 1.54) is 0 Å². The number of hydrogen-bond acceptors (Lipinski definition) is 2. The molecule has 1 atom stereocenters. The smallest absolute Gasteiger partial charge is 0.389 e. The van der Waals surface area contributed by atoms with Crippen LogP contribution >= 0.6 is 15.9 Å². The van der Waals surface area contributed by atoms with Gasteiger partial charge in [-0.3, -0.25) is 0 Å². The van der Waals surface area contributed by atoms with E-state index < -0.39 is 12.6 Å². The van der Waals surface area contributed by atoms with Gasteiger partial charge in [0.15, 0.2) is 0 Å². The Morgan fingerprint density at radius 2 is 2.05 bits per heavy atom. The van der Waals surface area contributed by atoms with Gasteiger partial charge < -0.3 is 10.1 Å². The number of alkyl halides is 3. The summed E-state index contributed by atoms with van der Waals surface area (Å²) in [6.07, 6.45) is -3.90. The Morgan fingerprint density at radius 3 is 2.62 bits per heavy atom. The van der Waals surface area contributed by atoms with E-state index in [2.05, 4.69) is 35.1 Å². The van der Waals surface area contributed by atoms with Crippen molar-refractivity contribution in [3.05, 3.63) is 28.2 Å². The van der Waals surface area contributed by atoms with Crippen LogP contribution in [0.4, 0.5) is 13.2 Å². The lowest BCUT2D eigenvalue weighted by Gasteiger charge is -2.16. The zero-order valence-electron chi connectivity index (χ0n) is 12.3. The zero-order valence-corrected chi connectivity index (χ0v) is 13.9. The SMILES string of the molecule is CCCNC(C)c1ccc(OCCCC(F)(F)F)cc1Br. The summed E-state index contributed by atoms with van der Waals surface area (Å²) < 4.78 is 42.3. The Hall–Kier alpha value is -0.750. The summed E-state index contributed by atoms with van der Waals surface area (Å²) in [5.74, 6) is 0.579. The van der Waals surface area contributed by atoms with E-state index in [-0.39, 0.29) is 19.1 Å². The van der Waals surface area contributed by atoms with Crippen molar-refractivity contribution in [3.8, 4) is 5.75 Å². The minimum atomic E-state index is -4.12. The second-order valence-electron chi connectivity index (χ2n) is 4.93. The molecule has 0 aliphatic carbocycles. The van der Waals surface area contributed by atoms with Gasteiger partial charge >= 0.3 is 6.18 Å². The molecule has 0 amide bonds. The highest BCUT2D eigenvalue weighted by Gasteiger charge is 2.26. The molecule has 0 saturated carbocycles. The molecule has 0 fully saturated rings. The number of halogens is 4. The lowest BCUT2D eigenvalue weighted by molar-refractivity contribution is -0.136. The van der Waals surface area contributed by atoms with Gasteiger partial charge in [0.05, 0.1) is 6.61 Å². The minimum Gasteiger partial charge on any atom is -0.494 e. The Balaban J connectivity index is 2.50. The molecule has 0 heterocycles. The highest BCUT2D eigenvalue weighted by Crippen LogP contribution is 2.28. The summed E-state index contributed by atoms with van der Waals surface area (Å²) in [4.78, 5) is 0. The predicted octanol–water partition coefficient (Wildman–Crippen LogP) is 5.23. The Labute approximate surface area is 132 Å². The summed E-state index contributed by atoms with van der Waals surface area (Å²) in [5, 5.41) is 3.38. The Morgan fingerprint density at radius 1 is 1.33 bits per heavy atom. The number of nitrogens with one attached hydrogen (secondary N) is 1. The zero-order chi connectivity index (χ0) is 15.9. The van der Waals surface area contributed by atoms with Crippen LogP contribution in [0.25, 0.3) is 0 Å². The minimum absolute atomic E-state index is 0.0304. The average molecular weight is 368 g/mol. The Bertz CT molecular complexity index is 437. The van der Waals surface area contributed by atoms with Gasteiger partial charge in [0.1, 0.15) is 5.75 Å². The number of ether oxygens (including phenoxy) is 1. The second kappa shape index (κ2) is 8.63. The topological polar surface area (TPSA) is 21.3 Å². The van der Waals surface area contributed by atoms with E-state index in [1.54, 1.807) is 12.1 Å². The lowest BCUT2D eigenvalue weighted by Crippen LogP contribution is -2.19. The van der Waals surface area contributed by atoms with Crippen molar-refractivity contribution in [2.45, 2.75) is 45.3 Å². The van der Waals surface area contributed by atoms with Crippen LogP contribution in [0.5, 0.6) is 5.75 Å². The number of rotatable bonds is 8. The first kappa shape index (κ1) is 18.3. The molecule has 1 aromatic rings. The highest BCUT2D eigenvalue weighted by atomic mass is 79.9. The van der Waals surface area contributed by atoms with Crippen molar-refractivity contribution in [2.75, 3.05) is 13.2 Å². The molecule has 21 heavy (non-hydrogen) atoms. The quantitative estimate of drug-likeness (QED) is 0.635. The summed E-state index contributed by atoms with van der Waals surface area (Å²) in [7, 11) is 0. The second-order valence-corrected chi connectivity index (χ2v) is 5.78. The van der Waals surface area contributed by atoms with Crippen LogP contribution in [0.2, 0.25) is 0 Å². The normalized spacial score (nSPS) is 13.2. The van der Waals surface area contributed by atoms with Gasteiger partial charge in [0.25, 0.3) is 0 Å². The Kier molecular flexibility index (Phi) is 7.52. The largest absolute Gasteiger partial charge is 0.494 e. The first-order valence-corrected chi connectivity index (χ1v) is 7.85. The average Bonchev–Trinajstić information content (AvgIpc) is 2.40. The molecule has 0 aromatic heterocycles. The van der Waals surface area contributed by atoms with Crippen LogP contribution < -0.4 is 10.1 Å². The summed E-state index contributed by atoms with van der Waals surface area (Å²) >= 11 is 3.48. The molecular formula is C15H21BrF3NO. The van der Waals surface area contributed by atoms with Crippen molar-refractivity contribution >= 4 is 15.9 Å². The van der Waals surface area contributed by atoms with E-state index in [9.17, 15) is 13.2 Å². The van der Waals surface area contributed by atoms with Crippen molar-refractivity contribution in [2.24, 2.45) is 0 Å². The molecule has 1 unspecified atom stereocenters. The standard InChI is InChI=1S/C15H21BrF3NO/c1-3-8-20-11(2)13-6-5-12(10-14(13)16)21-9-4-7-15(17,18)19/h5-6,10-11,20H,3-4,7-9H2,1-2H3. The van der Waals surface area contributed by atoms with Crippen LogP contribution in [0, 0.1) is 0 Å². The van der Waals surface area contributed by atoms with E-state index in [0.29, 0.717) is 5.75 Å². The molecule has 1 rings (SSSR count). The third kappa shape index (κ3) is 7.18. The van der Waals surface area contributed by atoms with E-state index >= 15 is 0 Å². The van der Waals surface area contributed by atoms with Crippen molar-refractivity contribution in [1.82, 2.24) is 5.32 Å². The molecule has 1 aromatic carbocycles. The van der Waals surface area contributed by atoms with Crippen LogP contribution in [-0.2, 0) is 0 Å². The van der Waals surface area contributed by atoms with Gasteiger partial charge in [0.2, 0.25) is 0 Å². The first-order valence-electron chi connectivity index (χ1n) is 7.06. The lowest BCUT2D eigenvalue weighted by atomic mass is 10.1. The molecule has 6 heteroatoms. The fourth-order valence-corrected chi connectivity index (χ4v) is 2.58. The molecule has 0 saturated heterocycles. The van der Waals surface area contributed by atoms with E-state index in [1.807, 2.05) is 6.07 Å². The van der Waals surface area contributed by atoms with Gasteiger partial charge in [0, 0.05) is 16.9 Å². The van der Waals surface area contributed by atoms with Crippen LogP contribution in [0.15, 0.2) is 22.7 Å². The molecule has 0 bridgehead atoms. The van der Waals surface area contributed by atoms with Crippen LogP contribution in [-0.4, -0.2) is 19.3 Å². The van der Waals surface area contributed by atoms with E-state index in [4.69, 9.17) is 4.74 Å². The molecule has 1 N–H and O–H groups in total. The fraction of sp³-hybridized carbons (Fsp3) is 0.600. The number of benzene rings is 1.